The number of hydrogen-bond donors (Lipinski definition) is 1. The molecule has 3 aromatic heterocycles. The average Bonchev–Trinajstić information content (AvgIpc) is 3.26. The van der Waals surface area contributed by atoms with Gasteiger partial charge < -0.3 is 9.88 Å². The van der Waals surface area contributed by atoms with Gasteiger partial charge in [0.25, 0.3) is 11.8 Å². The van der Waals surface area contributed by atoms with Gasteiger partial charge in [-0.2, -0.15) is 0 Å². The largest absolute Gasteiger partial charge is 0.337 e. The molecule has 2 amide bonds. The number of carbonyl (C=O) groups excluding carboxylic acids is 2. The van der Waals surface area contributed by atoms with Crippen LogP contribution in [0.1, 0.15) is 33.8 Å². The van der Waals surface area contributed by atoms with Crippen LogP contribution in [0.15, 0.2) is 48.9 Å². The molecule has 3 aromatic rings. The highest BCUT2D eigenvalue weighted by atomic mass is 35.5. The Morgan fingerprint density at radius 2 is 2.19 bits per heavy atom. The van der Waals surface area contributed by atoms with Crippen molar-refractivity contribution in [1.82, 2.24) is 9.55 Å². The summed E-state index contributed by atoms with van der Waals surface area (Å²) in [5.41, 5.74) is 1.39. The van der Waals surface area contributed by atoms with E-state index in [0.717, 1.165) is 5.00 Å². The van der Waals surface area contributed by atoms with Crippen molar-refractivity contribution in [2.75, 3.05) is 16.8 Å². The van der Waals surface area contributed by atoms with E-state index in [2.05, 4.69) is 10.3 Å². The Morgan fingerprint density at radius 1 is 1.35 bits per heavy atom. The molecule has 6 nitrogen and oxygen atoms in total. The minimum atomic E-state index is -0.302. The lowest BCUT2D eigenvalue weighted by molar-refractivity contribution is 0.0959. The topological polar surface area (TPSA) is 67.2 Å². The number of pyridine rings is 1. The van der Waals surface area contributed by atoms with E-state index in [0.29, 0.717) is 27.8 Å². The molecule has 0 bridgehead atoms. The van der Waals surface area contributed by atoms with Gasteiger partial charge in [-0.25, -0.2) is 0 Å². The third-order valence-corrected chi connectivity index (χ3v) is 5.54. The summed E-state index contributed by atoms with van der Waals surface area (Å²) in [4.78, 5) is 31.2. The summed E-state index contributed by atoms with van der Waals surface area (Å²) < 4.78 is 2.53. The number of carbonyl (C=O) groups is 2. The van der Waals surface area contributed by atoms with Crippen LogP contribution in [0, 0.1) is 0 Å². The zero-order valence-corrected chi connectivity index (χ0v) is 15.4. The van der Waals surface area contributed by atoms with E-state index >= 15 is 0 Å². The van der Waals surface area contributed by atoms with Crippen molar-refractivity contribution in [2.24, 2.45) is 0 Å². The first-order chi connectivity index (χ1) is 12.5. The smallest absolute Gasteiger partial charge is 0.277 e. The van der Waals surface area contributed by atoms with E-state index in [9.17, 15) is 9.59 Å². The first-order valence-electron chi connectivity index (χ1n) is 8.04. The fourth-order valence-electron chi connectivity index (χ4n) is 3.04. The van der Waals surface area contributed by atoms with E-state index in [4.69, 9.17) is 11.6 Å². The van der Waals surface area contributed by atoms with Crippen LogP contribution in [0.5, 0.6) is 0 Å². The quantitative estimate of drug-likeness (QED) is 0.737. The van der Waals surface area contributed by atoms with E-state index in [1.54, 1.807) is 35.4 Å². The van der Waals surface area contributed by atoms with Crippen LogP contribution in [0.3, 0.4) is 0 Å². The van der Waals surface area contributed by atoms with Gasteiger partial charge in [-0.3, -0.25) is 19.5 Å². The molecule has 0 saturated heterocycles. The number of amides is 2. The minimum Gasteiger partial charge on any atom is -0.337 e. The Morgan fingerprint density at radius 3 is 2.88 bits per heavy atom. The van der Waals surface area contributed by atoms with Crippen LogP contribution in [0.4, 0.5) is 10.7 Å². The monoisotopic (exact) mass is 386 g/mol. The molecule has 0 radical (unpaired) electrons. The number of nitrogens with zero attached hydrogens (tertiary/aromatic N) is 3. The molecule has 4 heterocycles. The Balaban J connectivity index is 1.67. The third kappa shape index (κ3) is 2.89. The Kier molecular flexibility index (Phi) is 4.26. The van der Waals surface area contributed by atoms with Gasteiger partial charge in [-0.1, -0.05) is 11.6 Å². The molecule has 8 heteroatoms. The van der Waals surface area contributed by atoms with Crippen molar-refractivity contribution in [3.8, 4) is 0 Å². The molecule has 1 aliphatic heterocycles. The Hall–Kier alpha value is -2.64. The molecule has 132 valence electrons. The maximum Gasteiger partial charge on any atom is 0.277 e. The number of thiophene rings is 1. The zero-order valence-electron chi connectivity index (χ0n) is 13.8. The average molecular weight is 387 g/mol. The molecule has 0 saturated carbocycles. The second-order valence-electron chi connectivity index (χ2n) is 6.02. The van der Waals surface area contributed by atoms with Crippen LogP contribution >= 0.6 is 22.9 Å². The Bertz CT molecular complexity index is 982. The maximum absolute atomic E-state index is 13.1. The summed E-state index contributed by atoms with van der Waals surface area (Å²) in [5, 5.41) is 3.62. The predicted octanol–water partition coefficient (Wildman–Crippen LogP) is 4.07. The molecule has 0 aliphatic carbocycles. The summed E-state index contributed by atoms with van der Waals surface area (Å²) in [6, 6.07) is 8.81. The number of rotatable bonds is 3. The fourth-order valence-corrected chi connectivity index (χ4v) is 4.08. The Labute approximate surface area is 159 Å². The second-order valence-corrected chi connectivity index (χ2v) is 7.72. The van der Waals surface area contributed by atoms with Crippen LogP contribution < -0.4 is 10.2 Å². The number of nitrogens with one attached hydrogen (secondary N) is 1. The van der Waals surface area contributed by atoms with Crippen molar-refractivity contribution in [3.63, 3.8) is 0 Å². The van der Waals surface area contributed by atoms with Gasteiger partial charge >= 0.3 is 0 Å². The highest BCUT2D eigenvalue weighted by molar-refractivity contribution is 7.20. The van der Waals surface area contributed by atoms with E-state index in [1.165, 1.54) is 17.5 Å². The summed E-state index contributed by atoms with van der Waals surface area (Å²) in [7, 11) is 0. The maximum atomic E-state index is 13.1. The van der Waals surface area contributed by atoms with Crippen LogP contribution in [-0.4, -0.2) is 27.9 Å². The van der Waals surface area contributed by atoms with Crippen LogP contribution in [-0.2, 0) is 0 Å². The molecule has 1 aliphatic rings. The first kappa shape index (κ1) is 16.8. The van der Waals surface area contributed by atoms with E-state index in [1.807, 2.05) is 23.8 Å². The summed E-state index contributed by atoms with van der Waals surface area (Å²) in [6.45, 7) is 2.58. The van der Waals surface area contributed by atoms with Crippen molar-refractivity contribution in [1.29, 1.82) is 0 Å². The predicted molar refractivity (Wildman–Crippen MR) is 102 cm³/mol. The SMILES string of the molecule is C[C@H]1CN(c2ccc(Cl)s2)C(=O)c2c(NC(=O)c3cccnc3)ccn21. The highest BCUT2D eigenvalue weighted by Gasteiger charge is 2.33. The normalized spacial score (nSPS) is 16.5. The molecule has 26 heavy (non-hydrogen) atoms. The van der Waals surface area contributed by atoms with Crippen molar-refractivity contribution < 1.29 is 9.59 Å². The first-order valence-corrected chi connectivity index (χ1v) is 9.23. The zero-order chi connectivity index (χ0) is 18.3. The van der Waals surface area contributed by atoms with Gasteiger partial charge in [0, 0.05) is 31.2 Å². The van der Waals surface area contributed by atoms with Crippen LogP contribution in [0.25, 0.3) is 0 Å². The molecule has 0 spiro atoms. The van der Waals surface area contributed by atoms with Gasteiger partial charge in [-0.05, 0) is 37.3 Å². The lowest BCUT2D eigenvalue weighted by atomic mass is 10.2. The number of fused-ring (bicyclic) bond motifs is 1. The highest BCUT2D eigenvalue weighted by Crippen LogP contribution is 2.36. The van der Waals surface area contributed by atoms with Crippen molar-refractivity contribution >= 4 is 45.4 Å². The lowest BCUT2D eigenvalue weighted by Crippen LogP contribution is -2.42. The summed E-state index contributed by atoms with van der Waals surface area (Å²) in [6.07, 6.45) is 4.92. The van der Waals surface area contributed by atoms with Crippen molar-refractivity contribution in [2.45, 2.75) is 13.0 Å². The number of hydrogen-bond acceptors (Lipinski definition) is 4. The molecule has 0 aromatic carbocycles. The van der Waals surface area contributed by atoms with Gasteiger partial charge in [0.15, 0.2) is 0 Å². The van der Waals surface area contributed by atoms with Crippen molar-refractivity contribution in [3.05, 3.63) is 64.5 Å². The van der Waals surface area contributed by atoms with Gasteiger partial charge in [0.1, 0.15) is 5.69 Å². The van der Waals surface area contributed by atoms with Gasteiger partial charge in [0.05, 0.1) is 20.6 Å². The van der Waals surface area contributed by atoms with Crippen LogP contribution in [0.2, 0.25) is 4.34 Å². The molecule has 0 fully saturated rings. The molecular formula is C18H15ClN4O2S. The molecule has 4 rings (SSSR count). The fraction of sp³-hybridized carbons (Fsp3) is 0.167. The number of halogens is 1. The van der Waals surface area contributed by atoms with Gasteiger partial charge in [-0.15, -0.1) is 11.3 Å². The lowest BCUT2D eigenvalue weighted by Gasteiger charge is -2.32. The molecule has 1 atom stereocenters. The molecular weight excluding hydrogens is 372 g/mol. The molecule has 0 unspecified atom stereocenters. The van der Waals surface area contributed by atoms with E-state index in [-0.39, 0.29) is 17.9 Å². The number of aromatic nitrogens is 2. The summed E-state index contributed by atoms with van der Waals surface area (Å²) >= 11 is 7.38. The van der Waals surface area contributed by atoms with E-state index < -0.39 is 0 Å². The third-order valence-electron chi connectivity index (χ3n) is 4.28. The second kappa shape index (κ2) is 6.59. The molecule has 1 N–H and O–H groups in total. The number of anilines is 2. The standard InChI is InChI=1S/C18H15ClN4O2S/c1-11-10-23(15-5-4-14(19)26-15)18(25)16-13(6-8-22(11)16)21-17(24)12-3-2-7-20-9-12/h2-9,11H,10H2,1H3,(H,21,24)/t11-/m0/s1. The minimum absolute atomic E-state index is 0.0765. The van der Waals surface area contributed by atoms with Gasteiger partial charge in [0.2, 0.25) is 0 Å². The summed E-state index contributed by atoms with van der Waals surface area (Å²) in [5.74, 6) is -0.461.